The molecule has 1 saturated heterocycles. The van der Waals surface area contributed by atoms with Crippen LogP contribution in [0.4, 0.5) is 4.79 Å². The summed E-state index contributed by atoms with van der Waals surface area (Å²) in [6.07, 6.45) is -1.00. The molecule has 0 aromatic heterocycles. The smallest absolute Gasteiger partial charge is 0.323 e. The Morgan fingerprint density at radius 3 is 2.67 bits per heavy atom. The zero-order valence-electron chi connectivity index (χ0n) is 6.75. The summed E-state index contributed by atoms with van der Waals surface area (Å²) < 4.78 is 4.70. The van der Waals surface area contributed by atoms with Gasteiger partial charge in [0.25, 0.3) is 5.91 Å². The van der Waals surface area contributed by atoms with E-state index < -0.39 is 23.8 Å². The summed E-state index contributed by atoms with van der Waals surface area (Å²) in [5, 5.41) is 13.6. The van der Waals surface area contributed by atoms with Crippen molar-refractivity contribution in [1.29, 1.82) is 0 Å². The first kappa shape index (κ1) is 8.95. The molecule has 0 aliphatic carbocycles. The molecule has 0 saturated carbocycles. The van der Waals surface area contributed by atoms with E-state index in [2.05, 4.69) is 5.32 Å². The van der Waals surface area contributed by atoms with Crippen molar-refractivity contribution in [2.45, 2.75) is 18.8 Å². The minimum atomic E-state index is -1.72. The lowest BCUT2D eigenvalue weighted by Crippen LogP contribution is -2.68. The highest BCUT2D eigenvalue weighted by Gasteiger charge is 2.45. The maximum Gasteiger partial charge on any atom is 0.323 e. The molecule has 0 radical (unpaired) electrons. The van der Waals surface area contributed by atoms with E-state index in [1.54, 1.807) is 0 Å². The minimum Gasteiger partial charge on any atom is -0.376 e. The molecule has 3 amide bonds. The molecule has 1 fully saturated rings. The van der Waals surface area contributed by atoms with Crippen molar-refractivity contribution in [1.82, 2.24) is 10.6 Å². The lowest BCUT2D eigenvalue weighted by Gasteiger charge is -2.34. The fourth-order valence-electron chi connectivity index (χ4n) is 0.933. The molecule has 6 heteroatoms. The molecule has 68 valence electrons. The molecule has 0 bridgehead atoms. The summed E-state index contributed by atoms with van der Waals surface area (Å²) in [6.45, 7) is 1.26. The first-order valence-corrected chi connectivity index (χ1v) is 3.35. The number of imide groups is 1. The van der Waals surface area contributed by atoms with Gasteiger partial charge in [-0.15, -0.1) is 0 Å². The summed E-state index contributed by atoms with van der Waals surface area (Å²) in [4.78, 5) is 21.7. The van der Waals surface area contributed by atoms with E-state index in [1.165, 1.54) is 14.0 Å². The molecule has 2 atom stereocenters. The maximum atomic E-state index is 11.0. The number of methoxy groups -OCH3 is 1. The quantitative estimate of drug-likeness (QED) is 0.453. The van der Waals surface area contributed by atoms with Crippen molar-refractivity contribution in [3.05, 3.63) is 0 Å². The van der Waals surface area contributed by atoms with Crippen molar-refractivity contribution in [2.75, 3.05) is 7.11 Å². The van der Waals surface area contributed by atoms with Crippen molar-refractivity contribution in [3.8, 4) is 0 Å². The fraction of sp³-hybridized carbons (Fsp3) is 0.667. The molecule has 3 N–H and O–H groups in total. The van der Waals surface area contributed by atoms with Crippen LogP contribution < -0.4 is 10.6 Å². The highest BCUT2D eigenvalue weighted by molar-refractivity contribution is 6.01. The monoisotopic (exact) mass is 174 g/mol. The minimum absolute atomic E-state index is 0.668. The average molecular weight is 174 g/mol. The number of carbonyl (C=O) groups is 2. The summed E-state index contributed by atoms with van der Waals surface area (Å²) in [7, 11) is 1.29. The summed E-state index contributed by atoms with van der Waals surface area (Å²) in [5.41, 5.74) is -1.72. The Kier molecular flexibility index (Phi) is 2.03. The largest absolute Gasteiger partial charge is 0.376 e. The van der Waals surface area contributed by atoms with Crippen molar-refractivity contribution in [3.63, 3.8) is 0 Å². The Balaban J connectivity index is 2.85. The van der Waals surface area contributed by atoms with Crippen LogP contribution in [-0.4, -0.2) is 36.0 Å². The van der Waals surface area contributed by atoms with Gasteiger partial charge in [0.2, 0.25) is 0 Å². The van der Waals surface area contributed by atoms with Crippen LogP contribution in [0.25, 0.3) is 0 Å². The van der Waals surface area contributed by atoms with E-state index in [0.717, 1.165) is 0 Å². The standard InChI is InChI=1S/C6H10N2O4/c1-6(11)3(9)7-5(10)8-4(6)12-2/h4,11H,1-2H3,(H2,7,8,9,10). The molecule has 12 heavy (non-hydrogen) atoms. The van der Waals surface area contributed by atoms with Crippen molar-refractivity contribution in [2.24, 2.45) is 0 Å². The van der Waals surface area contributed by atoms with Crippen LogP contribution in [0, 0.1) is 0 Å². The van der Waals surface area contributed by atoms with Gasteiger partial charge in [0.1, 0.15) is 0 Å². The molecule has 1 heterocycles. The van der Waals surface area contributed by atoms with Crippen molar-refractivity contribution >= 4 is 11.9 Å². The van der Waals surface area contributed by atoms with Gasteiger partial charge in [0, 0.05) is 7.11 Å². The third-order valence-corrected chi connectivity index (χ3v) is 1.70. The van der Waals surface area contributed by atoms with E-state index >= 15 is 0 Å². The molecular formula is C6H10N2O4. The molecule has 0 aromatic carbocycles. The van der Waals surface area contributed by atoms with Crippen LogP contribution >= 0.6 is 0 Å². The summed E-state index contributed by atoms with van der Waals surface area (Å²) >= 11 is 0. The zero-order valence-corrected chi connectivity index (χ0v) is 6.75. The third kappa shape index (κ3) is 1.26. The van der Waals surface area contributed by atoms with E-state index in [4.69, 9.17) is 4.74 Å². The number of ether oxygens (including phenoxy) is 1. The zero-order chi connectivity index (χ0) is 9.35. The molecule has 0 spiro atoms. The normalized spacial score (nSPS) is 35.8. The van der Waals surface area contributed by atoms with Crippen LogP contribution in [0.1, 0.15) is 6.92 Å². The Morgan fingerprint density at radius 2 is 2.17 bits per heavy atom. The van der Waals surface area contributed by atoms with E-state index in [0.29, 0.717) is 0 Å². The first-order valence-electron chi connectivity index (χ1n) is 3.35. The number of hydrogen-bond acceptors (Lipinski definition) is 4. The van der Waals surface area contributed by atoms with E-state index in [9.17, 15) is 14.7 Å². The van der Waals surface area contributed by atoms with Crippen LogP contribution in [0.3, 0.4) is 0 Å². The SMILES string of the molecule is COC1NC(=O)NC(=O)C1(C)O. The van der Waals surface area contributed by atoms with Gasteiger partial charge in [-0.3, -0.25) is 10.1 Å². The van der Waals surface area contributed by atoms with Gasteiger partial charge in [-0.05, 0) is 6.92 Å². The van der Waals surface area contributed by atoms with Crippen LogP contribution in [0.5, 0.6) is 0 Å². The molecule has 6 nitrogen and oxygen atoms in total. The molecule has 0 aromatic rings. The summed E-state index contributed by atoms with van der Waals surface area (Å²) in [5.74, 6) is -0.766. The van der Waals surface area contributed by atoms with Crippen molar-refractivity contribution < 1.29 is 19.4 Å². The molecule has 1 aliphatic heterocycles. The van der Waals surface area contributed by atoms with Gasteiger partial charge in [0.15, 0.2) is 11.8 Å². The van der Waals surface area contributed by atoms with Gasteiger partial charge < -0.3 is 15.2 Å². The Labute approximate surface area is 68.9 Å². The molecule has 1 rings (SSSR count). The number of amides is 3. The highest BCUT2D eigenvalue weighted by atomic mass is 16.5. The second-order valence-electron chi connectivity index (χ2n) is 2.69. The Bertz CT molecular complexity index is 226. The van der Waals surface area contributed by atoms with Gasteiger partial charge in [-0.2, -0.15) is 0 Å². The van der Waals surface area contributed by atoms with Gasteiger partial charge >= 0.3 is 6.03 Å². The second kappa shape index (κ2) is 2.72. The topological polar surface area (TPSA) is 87.7 Å². The fourth-order valence-corrected chi connectivity index (χ4v) is 0.933. The van der Waals surface area contributed by atoms with E-state index in [-0.39, 0.29) is 0 Å². The predicted octanol–water partition coefficient (Wildman–Crippen LogP) is -1.45. The Morgan fingerprint density at radius 1 is 1.58 bits per heavy atom. The lowest BCUT2D eigenvalue weighted by molar-refractivity contribution is -0.157. The lowest BCUT2D eigenvalue weighted by atomic mass is 10.0. The van der Waals surface area contributed by atoms with Gasteiger partial charge in [-0.25, -0.2) is 4.79 Å². The molecular weight excluding hydrogens is 164 g/mol. The third-order valence-electron chi connectivity index (χ3n) is 1.70. The van der Waals surface area contributed by atoms with Gasteiger partial charge in [0.05, 0.1) is 0 Å². The number of nitrogens with one attached hydrogen (secondary N) is 2. The number of urea groups is 1. The van der Waals surface area contributed by atoms with Crippen LogP contribution in [0.15, 0.2) is 0 Å². The van der Waals surface area contributed by atoms with Gasteiger partial charge in [-0.1, -0.05) is 0 Å². The maximum absolute atomic E-state index is 11.0. The Hall–Kier alpha value is -1.14. The second-order valence-corrected chi connectivity index (χ2v) is 2.69. The number of rotatable bonds is 1. The molecule has 2 unspecified atom stereocenters. The predicted molar refractivity (Wildman–Crippen MR) is 38.1 cm³/mol. The number of aliphatic hydroxyl groups is 1. The highest BCUT2D eigenvalue weighted by Crippen LogP contribution is 2.13. The average Bonchev–Trinajstić information content (AvgIpc) is 1.97. The number of carbonyl (C=O) groups excluding carboxylic acids is 2. The number of hydrogen-bond donors (Lipinski definition) is 3. The van der Waals surface area contributed by atoms with E-state index in [1.807, 2.05) is 5.32 Å². The summed E-state index contributed by atoms with van der Waals surface area (Å²) in [6, 6.07) is -0.668. The van der Waals surface area contributed by atoms with Crippen LogP contribution in [-0.2, 0) is 9.53 Å². The first-order chi connectivity index (χ1) is 5.48. The molecule has 1 aliphatic rings. The van der Waals surface area contributed by atoms with Crippen LogP contribution in [0.2, 0.25) is 0 Å².